The molecule has 0 radical (unpaired) electrons. The summed E-state index contributed by atoms with van der Waals surface area (Å²) in [5, 5.41) is 0.212. The summed E-state index contributed by atoms with van der Waals surface area (Å²) in [6, 6.07) is 1.65. The van der Waals surface area contributed by atoms with E-state index in [9.17, 15) is 9.59 Å². The van der Waals surface area contributed by atoms with E-state index in [0.29, 0.717) is 42.4 Å². The summed E-state index contributed by atoms with van der Waals surface area (Å²) in [5.74, 6) is -0.809. The number of benzene rings is 1. The molecule has 2 aliphatic heterocycles. The highest BCUT2D eigenvalue weighted by Crippen LogP contribution is 2.43. The minimum Gasteiger partial charge on any atom is -0.462 e. The Labute approximate surface area is 179 Å². The number of rotatable bonds is 4. The van der Waals surface area contributed by atoms with Gasteiger partial charge in [0.1, 0.15) is 11.4 Å². The normalized spacial score (nSPS) is 23.3. The van der Waals surface area contributed by atoms with Gasteiger partial charge in [-0.05, 0) is 51.1 Å². The molecule has 5 rings (SSSR count). The Morgan fingerprint density at radius 1 is 1.32 bits per heavy atom. The van der Waals surface area contributed by atoms with E-state index in [2.05, 4.69) is 4.90 Å². The molecule has 2 fully saturated rings. The fraction of sp³-hybridized carbons (Fsp3) is 0.565. The first-order chi connectivity index (χ1) is 15.0. The summed E-state index contributed by atoms with van der Waals surface area (Å²) in [6.45, 7) is 3.93. The third-order valence-corrected chi connectivity index (χ3v) is 6.74. The van der Waals surface area contributed by atoms with Crippen molar-refractivity contribution in [2.24, 2.45) is 11.7 Å². The van der Waals surface area contributed by atoms with Crippen LogP contribution in [0, 0.1) is 11.7 Å². The number of esters is 1. The molecule has 3 aliphatic rings. The zero-order valence-corrected chi connectivity index (χ0v) is 17.7. The van der Waals surface area contributed by atoms with Crippen LogP contribution in [0.1, 0.15) is 54.6 Å². The van der Waals surface area contributed by atoms with Crippen LogP contribution in [0.15, 0.2) is 17.1 Å². The summed E-state index contributed by atoms with van der Waals surface area (Å²) >= 11 is 0. The van der Waals surface area contributed by atoms with Gasteiger partial charge in [-0.25, -0.2) is 9.18 Å². The zero-order chi connectivity index (χ0) is 21.7. The van der Waals surface area contributed by atoms with Crippen molar-refractivity contribution in [1.82, 2.24) is 4.57 Å². The summed E-state index contributed by atoms with van der Waals surface area (Å²) in [7, 11) is 0. The van der Waals surface area contributed by atoms with Crippen LogP contribution in [0.5, 0.6) is 0 Å². The summed E-state index contributed by atoms with van der Waals surface area (Å²) < 4.78 is 28.6. The van der Waals surface area contributed by atoms with Crippen LogP contribution in [-0.2, 0) is 16.1 Å². The first-order valence-corrected chi connectivity index (χ1v) is 11.1. The molecule has 1 aromatic heterocycles. The van der Waals surface area contributed by atoms with E-state index >= 15 is 4.39 Å². The SMILES string of the molecule is CCOC(=O)c1cn(C2CC2)c2c3c(c(F)cc2c1=O)N1CC(CN)CC1CCOC3. The van der Waals surface area contributed by atoms with Crippen LogP contribution in [0.3, 0.4) is 0 Å². The highest BCUT2D eigenvalue weighted by Gasteiger charge is 2.37. The lowest BCUT2D eigenvalue weighted by molar-refractivity contribution is 0.0524. The number of carbonyl (C=O) groups is 1. The van der Waals surface area contributed by atoms with Gasteiger partial charge in [-0.15, -0.1) is 0 Å². The van der Waals surface area contributed by atoms with Gasteiger partial charge in [0.2, 0.25) is 5.43 Å². The molecule has 3 heterocycles. The van der Waals surface area contributed by atoms with Crippen LogP contribution in [0.25, 0.3) is 10.9 Å². The standard InChI is InChI=1S/C23H28FN3O4/c1-2-31-23(29)17-11-27(14-3-4-14)20-16(22(17)28)8-19(24)21-18(20)12-30-6-5-15-7-13(9-25)10-26(15)21/h8,11,13-15H,2-7,9-10,12,25H2,1H3. The van der Waals surface area contributed by atoms with Gasteiger partial charge >= 0.3 is 5.97 Å². The van der Waals surface area contributed by atoms with Crippen LogP contribution in [0.2, 0.25) is 0 Å². The third kappa shape index (κ3) is 3.42. The molecule has 0 bridgehead atoms. The molecule has 1 saturated heterocycles. The van der Waals surface area contributed by atoms with Crippen molar-refractivity contribution in [1.29, 1.82) is 0 Å². The highest BCUT2D eigenvalue weighted by atomic mass is 19.1. The molecular formula is C23H28FN3O4. The Morgan fingerprint density at radius 3 is 2.84 bits per heavy atom. The van der Waals surface area contributed by atoms with Crippen molar-refractivity contribution in [3.8, 4) is 0 Å². The van der Waals surface area contributed by atoms with E-state index in [1.165, 1.54) is 6.07 Å². The predicted octanol–water partition coefficient (Wildman–Crippen LogP) is 2.73. The molecule has 2 aromatic rings. The lowest BCUT2D eigenvalue weighted by atomic mass is 10.0. The average Bonchev–Trinajstić information content (AvgIpc) is 3.51. The maximum absolute atomic E-state index is 15.6. The largest absolute Gasteiger partial charge is 0.462 e. The molecular weight excluding hydrogens is 401 g/mol. The number of fused-ring (bicyclic) bond motifs is 5. The van der Waals surface area contributed by atoms with Gasteiger partial charge in [-0.1, -0.05) is 0 Å². The smallest absolute Gasteiger partial charge is 0.343 e. The Balaban J connectivity index is 1.77. The topological polar surface area (TPSA) is 86.8 Å². The number of nitrogens with two attached hydrogens (primary N) is 1. The van der Waals surface area contributed by atoms with Crippen molar-refractivity contribution in [2.45, 2.75) is 51.3 Å². The van der Waals surface area contributed by atoms with Crippen molar-refractivity contribution < 1.29 is 18.7 Å². The van der Waals surface area contributed by atoms with Crippen molar-refractivity contribution >= 4 is 22.6 Å². The third-order valence-electron chi connectivity index (χ3n) is 6.74. The maximum Gasteiger partial charge on any atom is 0.343 e. The first-order valence-electron chi connectivity index (χ1n) is 11.1. The van der Waals surface area contributed by atoms with Crippen LogP contribution >= 0.6 is 0 Å². The van der Waals surface area contributed by atoms with E-state index in [4.69, 9.17) is 15.2 Å². The van der Waals surface area contributed by atoms with E-state index in [1.807, 2.05) is 4.57 Å². The number of carbonyl (C=O) groups excluding carboxylic acids is 1. The molecule has 0 spiro atoms. The number of hydrogen-bond acceptors (Lipinski definition) is 6. The van der Waals surface area contributed by atoms with Gasteiger partial charge < -0.3 is 24.7 Å². The Morgan fingerprint density at radius 2 is 2.13 bits per heavy atom. The van der Waals surface area contributed by atoms with Gasteiger partial charge in [0.05, 0.1) is 24.4 Å². The molecule has 0 amide bonds. The number of aromatic nitrogens is 1. The van der Waals surface area contributed by atoms with E-state index < -0.39 is 17.2 Å². The van der Waals surface area contributed by atoms with Crippen LogP contribution in [-0.4, -0.2) is 42.9 Å². The van der Waals surface area contributed by atoms with Gasteiger partial charge in [0.15, 0.2) is 0 Å². The summed E-state index contributed by atoms with van der Waals surface area (Å²) in [4.78, 5) is 27.8. The zero-order valence-electron chi connectivity index (χ0n) is 17.7. The van der Waals surface area contributed by atoms with E-state index in [-0.39, 0.29) is 36.2 Å². The molecule has 31 heavy (non-hydrogen) atoms. The fourth-order valence-corrected chi connectivity index (χ4v) is 5.13. The van der Waals surface area contributed by atoms with Gasteiger partial charge in [-0.2, -0.15) is 0 Å². The minimum absolute atomic E-state index is 0.0467. The molecule has 1 aliphatic carbocycles. The number of pyridine rings is 1. The number of anilines is 1. The molecule has 166 valence electrons. The Kier molecular flexibility index (Phi) is 5.22. The van der Waals surface area contributed by atoms with Crippen molar-refractivity contribution in [3.63, 3.8) is 0 Å². The minimum atomic E-state index is -0.669. The number of hydrogen-bond donors (Lipinski definition) is 1. The van der Waals surface area contributed by atoms with Crippen molar-refractivity contribution in [2.75, 3.05) is 31.2 Å². The summed E-state index contributed by atoms with van der Waals surface area (Å²) in [6.07, 6.45) is 5.24. The summed E-state index contributed by atoms with van der Waals surface area (Å²) in [5.41, 5.74) is 7.28. The Hall–Kier alpha value is -2.45. The molecule has 7 nitrogen and oxygen atoms in total. The lowest BCUT2D eigenvalue weighted by Gasteiger charge is -2.32. The Bertz CT molecular complexity index is 1090. The molecule has 8 heteroatoms. The van der Waals surface area contributed by atoms with Gasteiger partial charge in [0, 0.05) is 42.4 Å². The fourth-order valence-electron chi connectivity index (χ4n) is 5.13. The van der Waals surface area contributed by atoms with Crippen molar-refractivity contribution in [3.05, 3.63) is 39.4 Å². The second kappa shape index (κ2) is 7.91. The quantitative estimate of drug-likeness (QED) is 0.752. The van der Waals surface area contributed by atoms with E-state index in [1.54, 1.807) is 13.1 Å². The first kappa shape index (κ1) is 20.5. The number of halogens is 1. The predicted molar refractivity (Wildman–Crippen MR) is 115 cm³/mol. The molecule has 2 unspecified atom stereocenters. The molecule has 1 aromatic carbocycles. The lowest BCUT2D eigenvalue weighted by Crippen LogP contribution is -2.34. The molecule has 2 atom stereocenters. The maximum atomic E-state index is 15.6. The second-order valence-corrected chi connectivity index (χ2v) is 8.80. The highest BCUT2D eigenvalue weighted by molar-refractivity contribution is 5.96. The average molecular weight is 429 g/mol. The number of nitrogens with zero attached hydrogens (tertiary/aromatic N) is 2. The van der Waals surface area contributed by atoms with Gasteiger partial charge in [0.25, 0.3) is 0 Å². The van der Waals surface area contributed by atoms with E-state index in [0.717, 1.165) is 25.7 Å². The van der Waals surface area contributed by atoms with Crippen LogP contribution in [0.4, 0.5) is 10.1 Å². The monoisotopic (exact) mass is 429 g/mol. The number of ether oxygens (including phenoxy) is 2. The second-order valence-electron chi connectivity index (χ2n) is 8.80. The molecule has 2 N–H and O–H groups in total. The molecule has 1 saturated carbocycles. The van der Waals surface area contributed by atoms with Crippen LogP contribution < -0.4 is 16.1 Å². The van der Waals surface area contributed by atoms with Gasteiger partial charge in [-0.3, -0.25) is 4.79 Å².